The van der Waals surface area contributed by atoms with Crippen molar-refractivity contribution in [2.45, 2.75) is 62.9 Å². The molecule has 1 N–H and O–H groups in total. The van der Waals surface area contributed by atoms with Crippen LogP contribution in [0.4, 0.5) is 5.69 Å². The fourth-order valence-electron chi connectivity index (χ4n) is 4.96. The number of benzene rings is 3. The van der Waals surface area contributed by atoms with Crippen LogP contribution in [0.1, 0.15) is 43.7 Å². The molecule has 212 valence electrons. The highest BCUT2D eigenvalue weighted by Crippen LogP contribution is 2.27. The van der Waals surface area contributed by atoms with Crippen LogP contribution in [0.15, 0.2) is 88.2 Å². The largest absolute Gasteiger partial charge is 0.352 e. The molecule has 0 heterocycles. The minimum atomic E-state index is -4.08. The molecule has 1 atom stereocenters. The molecule has 1 saturated carbocycles. The zero-order valence-electron chi connectivity index (χ0n) is 22.9. The molecule has 0 radical (unpaired) electrons. The Balaban J connectivity index is 1.64. The number of nitrogens with one attached hydrogen (secondary N) is 1. The number of rotatable bonds is 11. The number of hydrogen-bond acceptors (Lipinski definition) is 4. The summed E-state index contributed by atoms with van der Waals surface area (Å²) in [7, 11) is -4.08. The molecule has 1 aliphatic rings. The highest BCUT2D eigenvalue weighted by Gasteiger charge is 2.33. The van der Waals surface area contributed by atoms with Gasteiger partial charge in [0, 0.05) is 17.1 Å². The van der Waals surface area contributed by atoms with Gasteiger partial charge in [0.2, 0.25) is 11.8 Å². The summed E-state index contributed by atoms with van der Waals surface area (Å²) in [6.07, 6.45) is 4.56. The van der Waals surface area contributed by atoms with Crippen LogP contribution in [0.5, 0.6) is 0 Å². The number of hydrogen-bond donors (Lipinski definition) is 1. The average Bonchev–Trinajstić information content (AvgIpc) is 3.45. The van der Waals surface area contributed by atoms with Gasteiger partial charge in [0.15, 0.2) is 0 Å². The smallest absolute Gasteiger partial charge is 0.264 e. The average molecular weight is 627 g/mol. The molecular formula is C31H36BrN3O4S. The van der Waals surface area contributed by atoms with Gasteiger partial charge >= 0.3 is 0 Å². The number of halogens is 1. The van der Waals surface area contributed by atoms with E-state index < -0.39 is 28.5 Å². The molecular weight excluding hydrogens is 590 g/mol. The first-order valence-electron chi connectivity index (χ1n) is 13.6. The van der Waals surface area contributed by atoms with Gasteiger partial charge in [-0.2, -0.15) is 0 Å². The van der Waals surface area contributed by atoms with Crippen LogP contribution in [-0.2, 0) is 26.0 Å². The van der Waals surface area contributed by atoms with Crippen molar-refractivity contribution >= 4 is 43.5 Å². The van der Waals surface area contributed by atoms with Crippen molar-refractivity contribution in [2.75, 3.05) is 17.4 Å². The quantitative estimate of drug-likeness (QED) is 0.306. The van der Waals surface area contributed by atoms with E-state index in [1.807, 2.05) is 37.3 Å². The third kappa shape index (κ3) is 7.52. The molecule has 4 rings (SSSR count). The van der Waals surface area contributed by atoms with Gasteiger partial charge in [-0.15, -0.1) is 0 Å². The third-order valence-electron chi connectivity index (χ3n) is 7.34. The molecule has 0 unspecified atom stereocenters. The monoisotopic (exact) mass is 625 g/mol. The van der Waals surface area contributed by atoms with Crippen LogP contribution in [0, 0.1) is 6.92 Å². The lowest BCUT2D eigenvalue weighted by molar-refractivity contribution is -0.139. The molecule has 0 aromatic heterocycles. The second kappa shape index (κ2) is 13.5. The first-order chi connectivity index (χ1) is 19.1. The summed E-state index contributed by atoms with van der Waals surface area (Å²) in [4.78, 5) is 28.8. The Morgan fingerprint density at radius 3 is 2.30 bits per heavy atom. The van der Waals surface area contributed by atoms with Gasteiger partial charge in [-0.1, -0.05) is 82.9 Å². The van der Waals surface area contributed by atoms with E-state index in [1.165, 1.54) is 4.90 Å². The summed E-state index contributed by atoms with van der Waals surface area (Å²) in [5.41, 5.74) is 2.31. The Morgan fingerprint density at radius 1 is 0.975 bits per heavy atom. The van der Waals surface area contributed by atoms with Crippen LogP contribution in [0.3, 0.4) is 0 Å². The number of aryl methyl sites for hydroxylation is 1. The molecule has 0 saturated heterocycles. The molecule has 3 aromatic rings. The summed E-state index contributed by atoms with van der Waals surface area (Å²) >= 11 is 3.42. The van der Waals surface area contributed by atoms with Crippen LogP contribution in [0.25, 0.3) is 0 Å². The van der Waals surface area contributed by atoms with E-state index in [0.29, 0.717) is 16.6 Å². The predicted octanol–water partition coefficient (Wildman–Crippen LogP) is 5.47. The molecule has 2 amide bonds. The second-order valence-electron chi connectivity index (χ2n) is 10.3. The van der Waals surface area contributed by atoms with Crippen molar-refractivity contribution in [3.05, 3.63) is 94.5 Å². The summed E-state index contributed by atoms with van der Waals surface area (Å²) in [5, 5.41) is 3.10. The lowest BCUT2D eigenvalue weighted by Crippen LogP contribution is -2.53. The summed E-state index contributed by atoms with van der Waals surface area (Å²) in [6.45, 7) is 3.43. The van der Waals surface area contributed by atoms with Gasteiger partial charge in [-0.25, -0.2) is 8.42 Å². The highest BCUT2D eigenvalue weighted by molar-refractivity contribution is 9.10. The minimum absolute atomic E-state index is 0.0914. The predicted molar refractivity (Wildman–Crippen MR) is 162 cm³/mol. The van der Waals surface area contributed by atoms with Gasteiger partial charge in [0.25, 0.3) is 10.0 Å². The van der Waals surface area contributed by atoms with E-state index in [4.69, 9.17) is 0 Å². The SMILES string of the molecule is Cc1ccc(S(=O)(=O)N(CC(=O)N(CCc2ccccc2)[C@@H](C)C(=O)NC2CCCC2)c2cccc(Br)c2)cc1. The standard InChI is InChI=1S/C31H36BrN3O4S/c1-23-15-17-29(18-16-23)40(38,39)35(28-14-8-11-26(32)21-28)22-30(36)34(20-19-25-9-4-3-5-10-25)24(2)31(37)33-27-12-6-7-13-27/h3-5,8-11,14-18,21,24,27H,6-7,12-13,19-20,22H2,1-2H3,(H,33,37)/t24-/m0/s1. The minimum Gasteiger partial charge on any atom is -0.352 e. The van der Waals surface area contributed by atoms with E-state index in [1.54, 1.807) is 55.5 Å². The van der Waals surface area contributed by atoms with Crippen molar-refractivity contribution in [3.63, 3.8) is 0 Å². The molecule has 7 nitrogen and oxygen atoms in total. The van der Waals surface area contributed by atoms with Gasteiger partial charge in [-0.05, 0) is 69.0 Å². The highest BCUT2D eigenvalue weighted by atomic mass is 79.9. The number of anilines is 1. The van der Waals surface area contributed by atoms with Crippen molar-refractivity contribution in [1.82, 2.24) is 10.2 Å². The molecule has 0 spiro atoms. The molecule has 3 aromatic carbocycles. The Bertz CT molecular complexity index is 1410. The van der Waals surface area contributed by atoms with E-state index in [2.05, 4.69) is 21.2 Å². The molecule has 1 fully saturated rings. The Hall–Kier alpha value is -3.17. The second-order valence-corrected chi connectivity index (χ2v) is 13.1. The third-order valence-corrected chi connectivity index (χ3v) is 9.62. The first kappa shape index (κ1) is 29.8. The topological polar surface area (TPSA) is 86.8 Å². The normalized spacial score (nSPS) is 14.5. The summed E-state index contributed by atoms with van der Waals surface area (Å²) < 4.78 is 29.6. The van der Waals surface area contributed by atoms with Crippen LogP contribution < -0.4 is 9.62 Å². The summed E-state index contributed by atoms with van der Waals surface area (Å²) in [6, 6.07) is 22.5. The van der Waals surface area contributed by atoms with Crippen LogP contribution >= 0.6 is 15.9 Å². The number of carbonyl (C=O) groups is 2. The van der Waals surface area contributed by atoms with E-state index >= 15 is 0 Å². The van der Waals surface area contributed by atoms with Gasteiger partial charge in [-0.3, -0.25) is 13.9 Å². The number of amides is 2. The van der Waals surface area contributed by atoms with Crippen molar-refractivity contribution in [2.24, 2.45) is 0 Å². The molecule has 40 heavy (non-hydrogen) atoms. The van der Waals surface area contributed by atoms with Crippen LogP contribution in [0.2, 0.25) is 0 Å². The van der Waals surface area contributed by atoms with E-state index in [0.717, 1.165) is 41.1 Å². The molecule has 0 aliphatic heterocycles. The molecule has 0 bridgehead atoms. The zero-order chi connectivity index (χ0) is 28.7. The van der Waals surface area contributed by atoms with Gasteiger partial charge in [0.1, 0.15) is 12.6 Å². The molecule has 9 heteroatoms. The lowest BCUT2D eigenvalue weighted by atomic mass is 10.1. The van der Waals surface area contributed by atoms with Crippen molar-refractivity contribution in [3.8, 4) is 0 Å². The van der Waals surface area contributed by atoms with E-state index in [9.17, 15) is 18.0 Å². The fourth-order valence-corrected chi connectivity index (χ4v) is 6.75. The maximum atomic E-state index is 14.0. The maximum Gasteiger partial charge on any atom is 0.264 e. The Labute approximate surface area is 245 Å². The maximum absolute atomic E-state index is 14.0. The summed E-state index contributed by atoms with van der Waals surface area (Å²) in [5.74, 6) is -0.663. The Kier molecular flexibility index (Phi) is 10.0. The zero-order valence-corrected chi connectivity index (χ0v) is 25.3. The number of sulfonamides is 1. The van der Waals surface area contributed by atoms with Crippen molar-refractivity contribution in [1.29, 1.82) is 0 Å². The van der Waals surface area contributed by atoms with Crippen molar-refractivity contribution < 1.29 is 18.0 Å². The number of nitrogens with zero attached hydrogens (tertiary/aromatic N) is 2. The Morgan fingerprint density at radius 2 is 1.65 bits per heavy atom. The van der Waals surface area contributed by atoms with E-state index in [-0.39, 0.29) is 23.4 Å². The molecule has 1 aliphatic carbocycles. The fraction of sp³-hybridized carbons (Fsp3) is 0.355. The number of carbonyl (C=O) groups excluding carboxylic acids is 2. The van der Waals surface area contributed by atoms with Crippen LogP contribution in [-0.4, -0.2) is 50.3 Å². The van der Waals surface area contributed by atoms with Gasteiger partial charge < -0.3 is 10.2 Å². The lowest BCUT2D eigenvalue weighted by Gasteiger charge is -2.32. The van der Waals surface area contributed by atoms with Gasteiger partial charge in [0.05, 0.1) is 10.6 Å². The first-order valence-corrected chi connectivity index (χ1v) is 15.9.